The van der Waals surface area contributed by atoms with Crippen molar-refractivity contribution >= 4 is 10.9 Å². The van der Waals surface area contributed by atoms with Gasteiger partial charge >= 0.3 is 0 Å². The monoisotopic (exact) mass is 214 g/mol. The van der Waals surface area contributed by atoms with Crippen molar-refractivity contribution in [2.45, 2.75) is 32.2 Å². The summed E-state index contributed by atoms with van der Waals surface area (Å²) in [5.41, 5.74) is 9.87. The van der Waals surface area contributed by atoms with E-state index in [0.29, 0.717) is 0 Å². The highest BCUT2D eigenvalue weighted by molar-refractivity contribution is 5.85. The van der Waals surface area contributed by atoms with Crippen molar-refractivity contribution in [3.05, 3.63) is 35.5 Å². The zero-order chi connectivity index (χ0) is 11.1. The van der Waals surface area contributed by atoms with E-state index in [-0.39, 0.29) is 0 Å². The SMILES string of the molecule is Cc1cccc2c1cc(CCN)n2C1CC1. The van der Waals surface area contributed by atoms with Gasteiger partial charge in [0.2, 0.25) is 0 Å². The van der Waals surface area contributed by atoms with Crippen molar-refractivity contribution < 1.29 is 0 Å². The summed E-state index contributed by atoms with van der Waals surface area (Å²) in [6.07, 6.45) is 3.65. The van der Waals surface area contributed by atoms with Gasteiger partial charge in [0.15, 0.2) is 0 Å². The van der Waals surface area contributed by atoms with Crippen LogP contribution in [0, 0.1) is 6.92 Å². The van der Waals surface area contributed by atoms with E-state index >= 15 is 0 Å². The number of nitrogens with zero attached hydrogens (tertiary/aromatic N) is 1. The maximum absolute atomic E-state index is 5.70. The van der Waals surface area contributed by atoms with E-state index in [4.69, 9.17) is 5.73 Å². The molecule has 1 aliphatic rings. The zero-order valence-electron chi connectivity index (χ0n) is 9.74. The van der Waals surface area contributed by atoms with Gasteiger partial charge in [0.05, 0.1) is 0 Å². The lowest BCUT2D eigenvalue weighted by molar-refractivity contribution is 0.715. The second kappa shape index (κ2) is 3.63. The van der Waals surface area contributed by atoms with E-state index in [9.17, 15) is 0 Å². The van der Waals surface area contributed by atoms with Crippen LogP contribution in [-0.2, 0) is 6.42 Å². The second-order valence-electron chi connectivity index (χ2n) is 4.78. The Morgan fingerprint density at radius 1 is 1.38 bits per heavy atom. The van der Waals surface area contributed by atoms with Crippen LogP contribution >= 0.6 is 0 Å². The zero-order valence-corrected chi connectivity index (χ0v) is 9.74. The van der Waals surface area contributed by atoms with Gasteiger partial charge in [-0.1, -0.05) is 12.1 Å². The molecule has 1 aliphatic carbocycles. The van der Waals surface area contributed by atoms with Crippen LogP contribution in [0.4, 0.5) is 0 Å². The first-order valence-corrected chi connectivity index (χ1v) is 6.11. The summed E-state index contributed by atoms with van der Waals surface area (Å²) in [5, 5.41) is 1.40. The Morgan fingerprint density at radius 2 is 2.19 bits per heavy atom. The third-order valence-electron chi connectivity index (χ3n) is 3.49. The number of aryl methyl sites for hydroxylation is 1. The third-order valence-corrected chi connectivity index (χ3v) is 3.49. The molecule has 0 atom stereocenters. The van der Waals surface area contributed by atoms with Gasteiger partial charge in [0.1, 0.15) is 0 Å². The number of nitrogens with two attached hydrogens (primary N) is 1. The molecule has 0 bridgehead atoms. The van der Waals surface area contributed by atoms with Crippen molar-refractivity contribution in [3.8, 4) is 0 Å². The van der Waals surface area contributed by atoms with Crippen LogP contribution in [0.2, 0.25) is 0 Å². The van der Waals surface area contributed by atoms with Crippen LogP contribution in [0.3, 0.4) is 0 Å². The van der Waals surface area contributed by atoms with Gasteiger partial charge in [-0.05, 0) is 50.4 Å². The van der Waals surface area contributed by atoms with E-state index in [0.717, 1.165) is 19.0 Å². The van der Waals surface area contributed by atoms with Crippen LogP contribution in [0.25, 0.3) is 10.9 Å². The Bertz CT molecular complexity index is 521. The lowest BCUT2D eigenvalue weighted by atomic mass is 10.1. The molecule has 0 spiro atoms. The molecule has 1 heterocycles. The highest BCUT2D eigenvalue weighted by Crippen LogP contribution is 2.40. The molecule has 84 valence electrons. The predicted octanol–water partition coefficient (Wildman–Crippen LogP) is 2.79. The molecule has 0 saturated heterocycles. The average molecular weight is 214 g/mol. The fraction of sp³-hybridized carbons (Fsp3) is 0.429. The minimum Gasteiger partial charge on any atom is -0.341 e. The summed E-state index contributed by atoms with van der Waals surface area (Å²) in [7, 11) is 0. The number of hydrogen-bond donors (Lipinski definition) is 1. The maximum Gasteiger partial charge on any atom is 0.0487 e. The van der Waals surface area contributed by atoms with Crippen molar-refractivity contribution in [3.63, 3.8) is 0 Å². The van der Waals surface area contributed by atoms with Crippen molar-refractivity contribution in [2.24, 2.45) is 5.73 Å². The number of fused-ring (bicyclic) bond motifs is 1. The molecule has 3 rings (SSSR count). The molecule has 1 fully saturated rings. The minimum atomic E-state index is 0.737. The molecule has 2 aromatic rings. The fourth-order valence-electron chi connectivity index (χ4n) is 2.56. The molecular formula is C14H18N2. The molecule has 16 heavy (non-hydrogen) atoms. The van der Waals surface area contributed by atoms with E-state index in [1.165, 1.54) is 35.0 Å². The fourth-order valence-corrected chi connectivity index (χ4v) is 2.56. The predicted molar refractivity (Wildman–Crippen MR) is 67.7 cm³/mol. The maximum atomic E-state index is 5.70. The normalized spacial score (nSPS) is 15.9. The molecular weight excluding hydrogens is 196 g/mol. The van der Waals surface area contributed by atoms with Crippen LogP contribution in [0.5, 0.6) is 0 Å². The molecule has 1 aromatic carbocycles. The largest absolute Gasteiger partial charge is 0.341 e. The Kier molecular flexibility index (Phi) is 2.25. The molecule has 0 unspecified atom stereocenters. The third kappa shape index (κ3) is 1.45. The number of hydrogen-bond acceptors (Lipinski definition) is 1. The highest BCUT2D eigenvalue weighted by Gasteiger charge is 2.27. The van der Waals surface area contributed by atoms with Gasteiger partial charge in [0, 0.05) is 22.6 Å². The first kappa shape index (κ1) is 9.91. The molecule has 0 radical (unpaired) electrons. The summed E-state index contributed by atoms with van der Waals surface area (Å²) >= 11 is 0. The van der Waals surface area contributed by atoms with Gasteiger partial charge in [-0.2, -0.15) is 0 Å². The Hall–Kier alpha value is -1.28. The van der Waals surface area contributed by atoms with E-state index in [1.54, 1.807) is 0 Å². The number of benzene rings is 1. The van der Waals surface area contributed by atoms with Crippen molar-refractivity contribution in [1.29, 1.82) is 0 Å². The standard InChI is InChI=1S/C14H18N2/c1-10-3-2-4-14-13(10)9-12(7-8-15)16(14)11-5-6-11/h2-4,9,11H,5-8,15H2,1H3. The average Bonchev–Trinajstić information content (AvgIpc) is 3.02. The Morgan fingerprint density at radius 3 is 2.88 bits per heavy atom. The lowest BCUT2D eigenvalue weighted by Crippen LogP contribution is -2.07. The molecule has 0 aliphatic heterocycles. The summed E-state index contributed by atoms with van der Waals surface area (Å²) in [6.45, 7) is 2.92. The van der Waals surface area contributed by atoms with Crippen molar-refractivity contribution in [2.75, 3.05) is 6.54 Å². The van der Waals surface area contributed by atoms with E-state index < -0.39 is 0 Å². The molecule has 0 amide bonds. The second-order valence-corrected chi connectivity index (χ2v) is 4.78. The molecule has 1 aromatic heterocycles. The van der Waals surface area contributed by atoms with E-state index in [2.05, 4.69) is 35.8 Å². The Labute approximate surface area is 96.1 Å². The minimum absolute atomic E-state index is 0.737. The summed E-state index contributed by atoms with van der Waals surface area (Å²) in [4.78, 5) is 0. The van der Waals surface area contributed by atoms with Crippen LogP contribution < -0.4 is 5.73 Å². The van der Waals surface area contributed by atoms with Gasteiger partial charge in [-0.15, -0.1) is 0 Å². The summed E-state index contributed by atoms with van der Waals surface area (Å²) in [5.74, 6) is 0. The van der Waals surface area contributed by atoms with Crippen LogP contribution in [-0.4, -0.2) is 11.1 Å². The Balaban J connectivity index is 2.24. The molecule has 1 saturated carbocycles. The summed E-state index contributed by atoms with van der Waals surface area (Å²) < 4.78 is 2.51. The highest BCUT2D eigenvalue weighted by atomic mass is 15.1. The lowest BCUT2D eigenvalue weighted by Gasteiger charge is -2.08. The van der Waals surface area contributed by atoms with Crippen LogP contribution in [0.15, 0.2) is 24.3 Å². The van der Waals surface area contributed by atoms with Crippen molar-refractivity contribution in [1.82, 2.24) is 4.57 Å². The topological polar surface area (TPSA) is 30.9 Å². The molecule has 2 nitrogen and oxygen atoms in total. The van der Waals surface area contributed by atoms with Gasteiger partial charge in [0.25, 0.3) is 0 Å². The van der Waals surface area contributed by atoms with Gasteiger partial charge < -0.3 is 10.3 Å². The number of rotatable bonds is 3. The van der Waals surface area contributed by atoms with Gasteiger partial charge in [-0.25, -0.2) is 0 Å². The first-order valence-electron chi connectivity index (χ1n) is 6.11. The van der Waals surface area contributed by atoms with E-state index in [1.807, 2.05) is 0 Å². The first-order chi connectivity index (χ1) is 7.81. The quantitative estimate of drug-likeness (QED) is 0.836. The van der Waals surface area contributed by atoms with Crippen LogP contribution in [0.1, 0.15) is 30.1 Å². The molecule has 2 heteroatoms. The number of aromatic nitrogens is 1. The molecule has 2 N–H and O–H groups in total. The smallest absolute Gasteiger partial charge is 0.0487 e. The summed E-state index contributed by atoms with van der Waals surface area (Å²) in [6, 6.07) is 9.64. The van der Waals surface area contributed by atoms with Gasteiger partial charge in [-0.3, -0.25) is 0 Å².